The molecular weight excluding hydrogens is 266 g/mol. The second-order valence-corrected chi connectivity index (χ2v) is 7.44. The molecule has 2 atom stereocenters. The summed E-state index contributed by atoms with van der Waals surface area (Å²) in [6.45, 7) is 6.67. The summed E-state index contributed by atoms with van der Waals surface area (Å²) in [5.41, 5.74) is 4.88. The highest BCUT2D eigenvalue weighted by molar-refractivity contribution is 5.30. The summed E-state index contributed by atoms with van der Waals surface area (Å²) in [6, 6.07) is 6.57. The number of allylic oxidation sites excluding steroid dienone is 4. The van der Waals surface area contributed by atoms with E-state index in [0.29, 0.717) is 10.8 Å². The van der Waals surface area contributed by atoms with Crippen molar-refractivity contribution in [3.63, 3.8) is 0 Å². The summed E-state index contributed by atoms with van der Waals surface area (Å²) in [7, 11) is 0. The molecule has 0 aliphatic heterocycles. The molecule has 0 aromatic carbocycles. The molecule has 1 aromatic rings. The molecule has 0 amide bonds. The molecule has 2 aliphatic carbocycles. The maximum atomic E-state index is 4.90. The second-order valence-electron chi connectivity index (χ2n) is 7.44. The molecule has 2 fully saturated rings. The molecule has 2 aliphatic rings. The Bertz CT molecular complexity index is 598. The standard InChI is InChI=1S/C21H29N/c1-4-5-6-9-17(2)20-12-8-13-21(16-20,15-14-20)19-11-7-10-18(3)22-19/h5-7,9-11H,4,8,12-16H2,1-3H3/b6-5-,17-9-. The van der Waals surface area contributed by atoms with Crippen molar-refractivity contribution >= 4 is 0 Å². The topological polar surface area (TPSA) is 12.9 Å². The lowest BCUT2D eigenvalue weighted by molar-refractivity contribution is 0.227. The molecule has 118 valence electrons. The van der Waals surface area contributed by atoms with Crippen LogP contribution in [0.4, 0.5) is 0 Å². The molecule has 0 radical (unpaired) electrons. The predicted octanol–water partition coefficient (Wildman–Crippen LogP) is 5.89. The SMILES string of the molecule is CC/C=C\C=C(\C)C12CCCC(c3cccc(C)n3)(CC1)C2. The van der Waals surface area contributed by atoms with Gasteiger partial charge < -0.3 is 0 Å². The van der Waals surface area contributed by atoms with Crippen LogP contribution >= 0.6 is 0 Å². The first-order chi connectivity index (χ1) is 10.6. The zero-order chi connectivity index (χ0) is 15.6. The van der Waals surface area contributed by atoms with Crippen LogP contribution < -0.4 is 0 Å². The highest BCUT2D eigenvalue weighted by atomic mass is 14.8. The summed E-state index contributed by atoms with van der Waals surface area (Å²) in [6.07, 6.45) is 16.0. The summed E-state index contributed by atoms with van der Waals surface area (Å²) >= 11 is 0. The maximum Gasteiger partial charge on any atom is 0.0468 e. The number of hydrogen-bond acceptors (Lipinski definition) is 1. The molecule has 2 saturated carbocycles. The Morgan fingerprint density at radius 3 is 2.86 bits per heavy atom. The minimum absolute atomic E-state index is 0.341. The van der Waals surface area contributed by atoms with Gasteiger partial charge in [0.25, 0.3) is 0 Å². The van der Waals surface area contributed by atoms with Crippen LogP contribution in [0, 0.1) is 12.3 Å². The maximum absolute atomic E-state index is 4.90. The summed E-state index contributed by atoms with van der Waals surface area (Å²) in [4.78, 5) is 4.90. The molecule has 0 N–H and O–H groups in total. The molecular formula is C21H29N. The van der Waals surface area contributed by atoms with Gasteiger partial charge in [-0.25, -0.2) is 0 Å². The first-order valence-corrected chi connectivity index (χ1v) is 8.88. The van der Waals surface area contributed by atoms with Gasteiger partial charge >= 0.3 is 0 Å². The third-order valence-electron chi connectivity index (χ3n) is 6.06. The lowest BCUT2D eigenvalue weighted by Crippen LogP contribution is -2.32. The van der Waals surface area contributed by atoms with Gasteiger partial charge in [-0.1, -0.05) is 43.2 Å². The molecule has 1 heteroatoms. The predicted molar refractivity (Wildman–Crippen MR) is 94.0 cm³/mol. The van der Waals surface area contributed by atoms with E-state index in [0.717, 1.165) is 12.1 Å². The Morgan fingerprint density at radius 1 is 1.23 bits per heavy atom. The number of nitrogens with zero attached hydrogens (tertiary/aromatic N) is 1. The number of pyridine rings is 1. The van der Waals surface area contributed by atoms with E-state index in [-0.39, 0.29) is 0 Å². The van der Waals surface area contributed by atoms with Crippen LogP contribution in [0.3, 0.4) is 0 Å². The number of hydrogen-bond donors (Lipinski definition) is 0. The fourth-order valence-corrected chi connectivity index (χ4v) is 4.74. The summed E-state index contributed by atoms with van der Waals surface area (Å²) in [5.74, 6) is 0. The molecule has 0 saturated heterocycles. The van der Waals surface area contributed by atoms with Gasteiger partial charge in [0.2, 0.25) is 0 Å². The van der Waals surface area contributed by atoms with E-state index in [1.54, 1.807) is 5.57 Å². The number of aromatic nitrogens is 1. The lowest BCUT2D eigenvalue weighted by Gasteiger charge is -2.40. The first kappa shape index (κ1) is 15.5. The molecule has 0 spiro atoms. The van der Waals surface area contributed by atoms with E-state index in [2.05, 4.69) is 57.2 Å². The Hall–Kier alpha value is -1.37. The minimum atomic E-state index is 0.341. The van der Waals surface area contributed by atoms with E-state index in [1.165, 1.54) is 44.2 Å². The normalized spacial score (nSPS) is 31.9. The molecule has 1 aromatic heterocycles. The van der Waals surface area contributed by atoms with Gasteiger partial charge in [-0.05, 0) is 69.9 Å². The van der Waals surface area contributed by atoms with E-state index in [9.17, 15) is 0 Å². The zero-order valence-corrected chi connectivity index (χ0v) is 14.4. The molecule has 2 bridgehead atoms. The van der Waals surface area contributed by atoms with Crippen LogP contribution in [0.5, 0.6) is 0 Å². The van der Waals surface area contributed by atoms with Crippen LogP contribution in [0.1, 0.15) is 70.2 Å². The fraction of sp³-hybridized carbons (Fsp3) is 0.571. The molecule has 22 heavy (non-hydrogen) atoms. The minimum Gasteiger partial charge on any atom is -0.258 e. The van der Waals surface area contributed by atoms with E-state index in [1.807, 2.05) is 0 Å². The molecule has 1 nitrogen and oxygen atoms in total. The average Bonchev–Trinajstić information content (AvgIpc) is 2.81. The van der Waals surface area contributed by atoms with Crippen molar-refractivity contribution in [2.45, 2.75) is 71.1 Å². The second kappa shape index (κ2) is 6.02. The highest BCUT2D eigenvalue weighted by Crippen LogP contribution is 2.61. The van der Waals surface area contributed by atoms with Gasteiger partial charge in [0.05, 0.1) is 0 Å². The molecule has 2 unspecified atom stereocenters. The van der Waals surface area contributed by atoms with Gasteiger partial charge in [0.1, 0.15) is 0 Å². The van der Waals surface area contributed by atoms with E-state index >= 15 is 0 Å². The van der Waals surface area contributed by atoms with Crippen LogP contribution in [0.2, 0.25) is 0 Å². The lowest BCUT2D eigenvalue weighted by atomic mass is 9.65. The highest BCUT2D eigenvalue weighted by Gasteiger charge is 2.52. The van der Waals surface area contributed by atoms with Crippen molar-refractivity contribution < 1.29 is 0 Å². The van der Waals surface area contributed by atoms with Crippen LogP contribution in [-0.4, -0.2) is 4.98 Å². The van der Waals surface area contributed by atoms with Gasteiger partial charge in [0.15, 0.2) is 0 Å². The van der Waals surface area contributed by atoms with Crippen molar-refractivity contribution in [2.75, 3.05) is 0 Å². The van der Waals surface area contributed by atoms with Crippen molar-refractivity contribution in [2.24, 2.45) is 5.41 Å². The Kier molecular flexibility index (Phi) is 4.25. The fourth-order valence-electron chi connectivity index (χ4n) is 4.74. The van der Waals surface area contributed by atoms with Crippen LogP contribution in [0.15, 0.2) is 42.0 Å². The largest absolute Gasteiger partial charge is 0.258 e. The quantitative estimate of drug-likeness (QED) is 0.631. The average molecular weight is 295 g/mol. The summed E-state index contributed by atoms with van der Waals surface area (Å²) in [5, 5.41) is 0. The Balaban J connectivity index is 1.90. The molecule has 3 rings (SSSR count). The van der Waals surface area contributed by atoms with Crippen molar-refractivity contribution in [3.05, 3.63) is 53.4 Å². The van der Waals surface area contributed by atoms with Crippen LogP contribution in [-0.2, 0) is 5.41 Å². The number of rotatable bonds is 4. The van der Waals surface area contributed by atoms with E-state index < -0.39 is 0 Å². The van der Waals surface area contributed by atoms with Crippen molar-refractivity contribution in [1.29, 1.82) is 0 Å². The molecule has 1 heterocycles. The monoisotopic (exact) mass is 295 g/mol. The van der Waals surface area contributed by atoms with Crippen LogP contribution in [0.25, 0.3) is 0 Å². The first-order valence-electron chi connectivity index (χ1n) is 8.88. The van der Waals surface area contributed by atoms with Crippen molar-refractivity contribution in [3.8, 4) is 0 Å². The van der Waals surface area contributed by atoms with Gasteiger partial charge in [-0.3, -0.25) is 4.98 Å². The Morgan fingerprint density at radius 2 is 2.09 bits per heavy atom. The van der Waals surface area contributed by atoms with Gasteiger partial charge in [-0.2, -0.15) is 0 Å². The summed E-state index contributed by atoms with van der Waals surface area (Å²) < 4.78 is 0. The third kappa shape index (κ3) is 2.66. The van der Waals surface area contributed by atoms with Crippen molar-refractivity contribution in [1.82, 2.24) is 4.98 Å². The number of fused-ring (bicyclic) bond motifs is 2. The third-order valence-corrected chi connectivity index (χ3v) is 6.06. The smallest absolute Gasteiger partial charge is 0.0468 e. The number of aryl methyl sites for hydroxylation is 1. The van der Waals surface area contributed by atoms with Gasteiger partial charge in [-0.15, -0.1) is 0 Å². The Labute approximate surface area is 135 Å². The van der Waals surface area contributed by atoms with E-state index in [4.69, 9.17) is 4.98 Å². The zero-order valence-electron chi connectivity index (χ0n) is 14.4. The van der Waals surface area contributed by atoms with Gasteiger partial charge in [0, 0.05) is 16.8 Å².